The van der Waals surface area contributed by atoms with Crippen LogP contribution >= 0.6 is 0 Å². The van der Waals surface area contributed by atoms with Gasteiger partial charge in [-0.25, -0.2) is 9.50 Å². The van der Waals surface area contributed by atoms with Crippen LogP contribution < -0.4 is 21.1 Å². The molecule has 1 fully saturated rings. The molecule has 2 amide bonds. The van der Waals surface area contributed by atoms with E-state index in [0.29, 0.717) is 40.9 Å². The number of fused-ring (bicyclic) bond motifs is 1. The molecule has 5 rings (SSSR count). The highest BCUT2D eigenvalue weighted by molar-refractivity contribution is 6.04. The van der Waals surface area contributed by atoms with E-state index < -0.39 is 0 Å². The van der Waals surface area contributed by atoms with Crippen molar-refractivity contribution in [2.45, 2.75) is 32.1 Å². The zero-order chi connectivity index (χ0) is 25.3. The molecule has 184 valence electrons. The van der Waals surface area contributed by atoms with Crippen LogP contribution in [0.25, 0.3) is 5.65 Å². The van der Waals surface area contributed by atoms with E-state index in [2.05, 4.69) is 34.6 Å². The first-order chi connectivity index (χ1) is 17.3. The molecule has 9 nitrogen and oxygen atoms in total. The van der Waals surface area contributed by atoms with Crippen LogP contribution in [0.3, 0.4) is 0 Å². The van der Waals surface area contributed by atoms with E-state index in [1.54, 1.807) is 47.1 Å². The van der Waals surface area contributed by atoms with Gasteiger partial charge in [-0.05, 0) is 54.8 Å². The summed E-state index contributed by atoms with van der Waals surface area (Å²) in [6, 6.07) is 18.0. The fraction of sp³-hybridized carbons (Fsp3) is 0.259. The normalized spacial score (nSPS) is 13.4. The van der Waals surface area contributed by atoms with Gasteiger partial charge in [0.2, 0.25) is 11.8 Å². The maximum absolute atomic E-state index is 12.9. The minimum absolute atomic E-state index is 0.0141. The number of rotatable bonds is 8. The predicted molar refractivity (Wildman–Crippen MR) is 137 cm³/mol. The lowest BCUT2D eigenvalue weighted by Gasteiger charge is -2.23. The smallest absolute Gasteiger partial charge is 0.255 e. The van der Waals surface area contributed by atoms with Crippen molar-refractivity contribution in [2.75, 3.05) is 17.2 Å². The predicted octanol–water partition coefficient (Wildman–Crippen LogP) is 4.36. The fourth-order valence-corrected chi connectivity index (χ4v) is 3.71. The second kappa shape index (κ2) is 9.43. The molecule has 1 aliphatic carbocycles. The largest absolute Gasteiger partial charge is 0.438 e. The molecular weight excluding hydrogens is 456 g/mol. The number of aromatic nitrogens is 3. The minimum atomic E-state index is -0.253. The molecule has 0 bridgehead atoms. The Labute approximate surface area is 208 Å². The van der Waals surface area contributed by atoms with Gasteiger partial charge in [0.15, 0.2) is 11.5 Å². The van der Waals surface area contributed by atoms with E-state index in [9.17, 15) is 9.59 Å². The number of carbonyl (C=O) groups excluding carboxylic acids is 2. The number of carbonyl (C=O) groups is 2. The Kier molecular flexibility index (Phi) is 6.15. The number of ether oxygens (including phenoxy) is 1. The summed E-state index contributed by atoms with van der Waals surface area (Å²) in [4.78, 5) is 29.3. The topological polar surface area (TPSA) is 124 Å². The SMILES string of the molecule is CC(C)(CN)c1cccc(NC(=O)c2cccc(Oc3ccc4nc(NC(=O)C5CC5)cn4n3)c2)c1. The third kappa shape index (κ3) is 5.21. The van der Waals surface area contributed by atoms with Gasteiger partial charge >= 0.3 is 0 Å². The van der Waals surface area contributed by atoms with E-state index in [4.69, 9.17) is 10.5 Å². The quantitative estimate of drug-likeness (QED) is 0.341. The molecule has 2 heterocycles. The van der Waals surface area contributed by atoms with Crippen LogP contribution in [-0.2, 0) is 10.2 Å². The zero-order valence-electron chi connectivity index (χ0n) is 20.2. The van der Waals surface area contributed by atoms with Crippen molar-refractivity contribution < 1.29 is 14.3 Å². The summed E-state index contributed by atoms with van der Waals surface area (Å²) in [6.07, 6.45) is 3.49. The second-order valence-electron chi connectivity index (χ2n) is 9.62. The minimum Gasteiger partial charge on any atom is -0.438 e. The Morgan fingerprint density at radius 3 is 2.67 bits per heavy atom. The summed E-state index contributed by atoms with van der Waals surface area (Å²) in [5.41, 5.74) is 8.49. The van der Waals surface area contributed by atoms with Crippen LogP contribution in [0.1, 0.15) is 42.6 Å². The van der Waals surface area contributed by atoms with E-state index in [-0.39, 0.29) is 23.1 Å². The third-order valence-corrected chi connectivity index (χ3v) is 6.23. The molecule has 0 spiro atoms. The van der Waals surface area contributed by atoms with Gasteiger partial charge < -0.3 is 21.1 Å². The molecule has 0 atom stereocenters. The molecule has 2 aromatic carbocycles. The van der Waals surface area contributed by atoms with Crippen LogP contribution in [0.5, 0.6) is 11.6 Å². The van der Waals surface area contributed by atoms with Crippen LogP contribution in [0, 0.1) is 5.92 Å². The molecule has 0 aliphatic heterocycles. The molecule has 0 saturated heterocycles. The molecule has 2 aromatic heterocycles. The fourth-order valence-electron chi connectivity index (χ4n) is 3.71. The number of anilines is 2. The van der Waals surface area contributed by atoms with Crippen molar-refractivity contribution >= 4 is 29.0 Å². The van der Waals surface area contributed by atoms with Crippen molar-refractivity contribution in [1.82, 2.24) is 14.6 Å². The molecule has 0 radical (unpaired) electrons. The Balaban J connectivity index is 1.28. The van der Waals surface area contributed by atoms with Crippen molar-refractivity contribution in [3.63, 3.8) is 0 Å². The third-order valence-electron chi connectivity index (χ3n) is 6.23. The number of nitrogens with one attached hydrogen (secondary N) is 2. The number of nitrogens with zero attached hydrogens (tertiary/aromatic N) is 3. The highest BCUT2D eigenvalue weighted by Crippen LogP contribution is 2.30. The van der Waals surface area contributed by atoms with Crippen molar-refractivity contribution in [2.24, 2.45) is 11.7 Å². The van der Waals surface area contributed by atoms with Crippen LogP contribution in [0.2, 0.25) is 0 Å². The molecule has 4 N–H and O–H groups in total. The maximum atomic E-state index is 12.9. The lowest BCUT2D eigenvalue weighted by atomic mass is 9.85. The summed E-state index contributed by atoms with van der Waals surface area (Å²) < 4.78 is 7.45. The lowest BCUT2D eigenvalue weighted by Crippen LogP contribution is -2.28. The van der Waals surface area contributed by atoms with Crippen LogP contribution in [0.15, 0.2) is 66.9 Å². The van der Waals surface area contributed by atoms with Crippen LogP contribution in [0.4, 0.5) is 11.5 Å². The van der Waals surface area contributed by atoms with E-state index in [1.165, 1.54) is 0 Å². The maximum Gasteiger partial charge on any atom is 0.255 e. The summed E-state index contributed by atoms with van der Waals surface area (Å²) in [7, 11) is 0. The number of amides is 2. The van der Waals surface area contributed by atoms with Gasteiger partial charge in [0.05, 0.1) is 6.20 Å². The van der Waals surface area contributed by atoms with E-state index in [1.807, 2.05) is 24.3 Å². The summed E-state index contributed by atoms with van der Waals surface area (Å²) in [6.45, 7) is 4.63. The Bertz CT molecular complexity index is 1440. The first kappa shape index (κ1) is 23.5. The molecule has 9 heteroatoms. The van der Waals surface area contributed by atoms with Gasteiger partial charge in [-0.2, -0.15) is 0 Å². The number of hydrogen-bond acceptors (Lipinski definition) is 6. The first-order valence-corrected chi connectivity index (χ1v) is 11.9. The average Bonchev–Trinajstić information content (AvgIpc) is 3.65. The molecule has 4 aromatic rings. The lowest BCUT2D eigenvalue weighted by molar-refractivity contribution is -0.117. The van der Waals surface area contributed by atoms with E-state index >= 15 is 0 Å². The summed E-state index contributed by atoms with van der Waals surface area (Å²) >= 11 is 0. The monoisotopic (exact) mass is 484 g/mol. The highest BCUT2D eigenvalue weighted by atomic mass is 16.5. The second-order valence-corrected chi connectivity index (χ2v) is 9.62. The Morgan fingerprint density at radius 2 is 1.89 bits per heavy atom. The summed E-state index contributed by atoms with van der Waals surface area (Å²) in [5.74, 6) is 1.07. The van der Waals surface area contributed by atoms with Gasteiger partial charge in [-0.15, -0.1) is 5.10 Å². The van der Waals surface area contributed by atoms with Crippen molar-refractivity contribution in [1.29, 1.82) is 0 Å². The number of nitrogens with two attached hydrogens (primary N) is 1. The average molecular weight is 485 g/mol. The first-order valence-electron chi connectivity index (χ1n) is 11.9. The van der Waals surface area contributed by atoms with Crippen molar-refractivity contribution in [3.05, 3.63) is 78.0 Å². The Hall–Kier alpha value is -4.24. The van der Waals surface area contributed by atoms with Gasteiger partial charge in [-0.1, -0.05) is 32.0 Å². The summed E-state index contributed by atoms with van der Waals surface area (Å²) in [5, 5.41) is 10.2. The standard InChI is InChI=1S/C27H28N6O3/c1-27(2,16-28)19-6-4-7-20(14-19)29-26(35)18-5-3-8-21(13-18)36-24-12-11-23-30-22(15-33(23)32-24)31-25(34)17-9-10-17/h3-8,11-15,17H,9-10,16,28H2,1-2H3,(H,29,35)(H,31,34). The number of hydrogen-bond donors (Lipinski definition) is 3. The molecule has 1 aliphatic rings. The zero-order valence-corrected chi connectivity index (χ0v) is 20.2. The van der Waals surface area contributed by atoms with Gasteiger partial charge in [-0.3, -0.25) is 9.59 Å². The number of benzene rings is 2. The van der Waals surface area contributed by atoms with Crippen molar-refractivity contribution in [3.8, 4) is 11.6 Å². The molecular formula is C27H28N6O3. The molecule has 1 saturated carbocycles. The van der Waals surface area contributed by atoms with Gasteiger partial charge in [0.25, 0.3) is 5.91 Å². The molecule has 0 unspecified atom stereocenters. The van der Waals surface area contributed by atoms with E-state index in [0.717, 1.165) is 18.4 Å². The van der Waals surface area contributed by atoms with Gasteiger partial charge in [0.1, 0.15) is 5.75 Å². The highest BCUT2D eigenvalue weighted by Gasteiger charge is 2.30. The van der Waals surface area contributed by atoms with Crippen LogP contribution in [-0.4, -0.2) is 33.0 Å². The number of imidazole rings is 1. The molecule has 36 heavy (non-hydrogen) atoms. The Morgan fingerprint density at radius 1 is 1.08 bits per heavy atom. The van der Waals surface area contributed by atoms with Gasteiger partial charge in [0, 0.05) is 35.2 Å².